The number of aromatic carboxylic acids is 1. The number of thioether (sulfide) groups is 1. The molecule has 0 spiro atoms. The summed E-state index contributed by atoms with van der Waals surface area (Å²) in [5, 5.41) is 8.96. The van der Waals surface area contributed by atoms with Crippen molar-refractivity contribution in [1.82, 2.24) is 15.0 Å². The Kier molecular flexibility index (Phi) is 4.59. The third-order valence-electron chi connectivity index (χ3n) is 2.54. The van der Waals surface area contributed by atoms with Gasteiger partial charge >= 0.3 is 5.97 Å². The summed E-state index contributed by atoms with van der Waals surface area (Å²) in [6.45, 7) is 0. The van der Waals surface area contributed by atoms with E-state index in [4.69, 9.17) is 10.8 Å². The first-order valence-electron chi connectivity index (χ1n) is 6.09. The predicted octanol–water partition coefficient (Wildman–Crippen LogP) is 1.51. The number of carbonyl (C=O) groups is 1. The van der Waals surface area contributed by atoms with Crippen LogP contribution in [0.4, 0.5) is 11.9 Å². The SMILES string of the molecule is CN(C)c1nc(N)nc(CSc2cccc(C(=O)O)c2)n1. The maximum Gasteiger partial charge on any atom is 0.335 e. The zero-order valence-electron chi connectivity index (χ0n) is 11.6. The quantitative estimate of drug-likeness (QED) is 0.801. The first-order chi connectivity index (χ1) is 9.95. The first-order valence-corrected chi connectivity index (χ1v) is 7.08. The fourth-order valence-corrected chi connectivity index (χ4v) is 2.37. The van der Waals surface area contributed by atoms with E-state index < -0.39 is 5.97 Å². The van der Waals surface area contributed by atoms with Crippen LogP contribution in [0.2, 0.25) is 0 Å². The van der Waals surface area contributed by atoms with Crippen molar-refractivity contribution in [2.24, 2.45) is 0 Å². The summed E-state index contributed by atoms with van der Waals surface area (Å²) in [4.78, 5) is 25.9. The number of nitrogen functional groups attached to an aromatic ring is 1. The molecule has 0 aliphatic carbocycles. The van der Waals surface area contributed by atoms with Gasteiger partial charge in [0.1, 0.15) is 5.82 Å². The van der Waals surface area contributed by atoms with Crippen molar-refractivity contribution in [3.05, 3.63) is 35.7 Å². The molecule has 110 valence electrons. The smallest absolute Gasteiger partial charge is 0.335 e. The van der Waals surface area contributed by atoms with E-state index in [0.29, 0.717) is 17.5 Å². The van der Waals surface area contributed by atoms with Crippen LogP contribution in [0.15, 0.2) is 29.2 Å². The average molecular weight is 305 g/mol. The molecule has 0 bridgehead atoms. The third-order valence-corrected chi connectivity index (χ3v) is 3.53. The van der Waals surface area contributed by atoms with E-state index in [1.807, 2.05) is 20.2 Å². The molecule has 0 radical (unpaired) electrons. The van der Waals surface area contributed by atoms with Gasteiger partial charge in [-0.1, -0.05) is 6.07 Å². The lowest BCUT2D eigenvalue weighted by molar-refractivity contribution is 0.0696. The molecule has 1 aromatic carbocycles. The Morgan fingerprint density at radius 2 is 2.10 bits per heavy atom. The second-order valence-electron chi connectivity index (χ2n) is 4.43. The van der Waals surface area contributed by atoms with E-state index >= 15 is 0 Å². The molecule has 8 heteroatoms. The van der Waals surface area contributed by atoms with E-state index in [1.165, 1.54) is 11.8 Å². The first kappa shape index (κ1) is 15.0. The Hall–Kier alpha value is -2.35. The van der Waals surface area contributed by atoms with Gasteiger partial charge in [0.05, 0.1) is 11.3 Å². The highest BCUT2D eigenvalue weighted by molar-refractivity contribution is 7.98. The molecule has 2 aromatic rings. The molecule has 2 rings (SSSR count). The highest BCUT2D eigenvalue weighted by Gasteiger charge is 2.08. The summed E-state index contributed by atoms with van der Waals surface area (Å²) in [6, 6.07) is 6.72. The average Bonchev–Trinajstić information content (AvgIpc) is 2.45. The lowest BCUT2D eigenvalue weighted by atomic mass is 10.2. The number of aromatic nitrogens is 3. The van der Waals surface area contributed by atoms with Gasteiger partial charge in [-0.2, -0.15) is 15.0 Å². The minimum atomic E-state index is -0.947. The molecule has 0 fully saturated rings. The largest absolute Gasteiger partial charge is 0.478 e. The minimum absolute atomic E-state index is 0.170. The van der Waals surface area contributed by atoms with Gasteiger partial charge in [0.25, 0.3) is 0 Å². The van der Waals surface area contributed by atoms with E-state index in [9.17, 15) is 4.79 Å². The molecule has 21 heavy (non-hydrogen) atoms. The third kappa shape index (κ3) is 4.06. The number of anilines is 2. The van der Waals surface area contributed by atoms with Crippen molar-refractivity contribution in [3.8, 4) is 0 Å². The number of rotatable bonds is 5. The lowest BCUT2D eigenvalue weighted by Gasteiger charge is -2.11. The van der Waals surface area contributed by atoms with Crippen LogP contribution in [0, 0.1) is 0 Å². The van der Waals surface area contributed by atoms with Crippen LogP contribution in [0.1, 0.15) is 16.2 Å². The molecule has 0 saturated heterocycles. The topological polar surface area (TPSA) is 105 Å². The Bertz CT molecular complexity index is 663. The van der Waals surface area contributed by atoms with Crippen molar-refractivity contribution in [3.63, 3.8) is 0 Å². The van der Waals surface area contributed by atoms with Crippen LogP contribution in [0.3, 0.4) is 0 Å². The maximum absolute atomic E-state index is 10.9. The van der Waals surface area contributed by atoms with Gasteiger partial charge < -0.3 is 15.7 Å². The van der Waals surface area contributed by atoms with Crippen LogP contribution >= 0.6 is 11.8 Å². The molecule has 1 heterocycles. The molecular formula is C13H15N5O2S. The van der Waals surface area contributed by atoms with Crippen LogP contribution in [-0.4, -0.2) is 40.1 Å². The minimum Gasteiger partial charge on any atom is -0.478 e. The zero-order chi connectivity index (χ0) is 15.4. The van der Waals surface area contributed by atoms with Crippen molar-refractivity contribution < 1.29 is 9.90 Å². The number of carboxylic acid groups (broad SMARTS) is 1. The van der Waals surface area contributed by atoms with Gasteiger partial charge in [-0.05, 0) is 18.2 Å². The molecule has 3 N–H and O–H groups in total. The number of benzene rings is 1. The van der Waals surface area contributed by atoms with Crippen molar-refractivity contribution in [1.29, 1.82) is 0 Å². The number of nitrogens with two attached hydrogens (primary N) is 1. The molecule has 0 aliphatic rings. The second kappa shape index (κ2) is 6.40. The Morgan fingerprint density at radius 1 is 1.33 bits per heavy atom. The summed E-state index contributed by atoms with van der Waals surface area (Å²) in [5.41, 5.74) is 5.91. The van der Waals surface area contributed by atoms with Crippen LogP contribution < -0.4 is 10.6 Å². The highest BCUT2D eigenvalue weighted by atomic mass is 32.2. The molecular weight excluding hydrogens is 290 g/mol. The van der Waals surface area contributed by atoms with Crippen LogP contribution in [0.25, 0.3) is 0 Å². The van der Waals surface area contributed by atoms with Crippen molar-refractivity contribution in [2.75, 3.05) is 24.7 Å². The molecule has 1 aromatic heterocycles. The van der Waals surface area contributed by atoms with E-state index in [0.717, 1.165) is 4.90 Å². The van der Waals surface area contributed by atoms with Gasteiger partial charge in [-0.15, -0.1) is 11.8 Å². The molecule has 7 nitrogen and oxygen atoms in total. The molecule has 0 aliphatic heterocycles. The Morgan fingerprint density at radius 3 is 2.76 bits per heavy atom. The van der Waals surface area contributed by atoms with E-state index in [-0.39, 0.29) is 11.5 Å². The maximum atomic E-state index is 10.9. The predicted molar refractivity (Wildman–Crippen MR) is 81.5 cm³/mol. The standard InChI is InChI=1S/C13H15N5O2S/c1-18(2)13-16-10(15-12(14)17-13)7-21-9-5-3-4-8(6-9)11(19)20/h3-6H,7H2,1-2H3,(H,19,20)(H2,14,15,16,17). The highest BCUT2D eigenvalue weighted by Crippen LogP contribution is 2.23. The van der Waals surface area contributed by atoms with Gasteiger partial charge in [0.15, 0.2) is 0 Å². The number of hydrogen-bond donors (Lipinski definition) is 2. The summed E-state index contributed by atoms with van der Waals surface area (Å²) < 4.78 is 0. The van der Waals surface area contributed by atoms with Gasteiger partial charge in [-0.25, -0.2) is 4.79 Å². The summed E-state index contributed by atoms with van der Waals surface area (Å²) in [6.07, 6.45) is 0. The fourth-order valence-electron chi connectivity index (χ4n) is 1.56. The number of nitrogens with zero attached hydrogens (tertiary/aromatic N) is 4. The summed E-state index contributed by atoms with van der Waals surface area (Å²) >= 11 is 1.44. The summed E-state index contributed by atoms with van der Waals surface area (Å²) in [5.74, 6) is 0.756. The van der Waals surface area contributed by atoms with Gasteiger partial charge in [0.2, 0.25) is 11.9 Å². The normalized spacial score (nSPS) is 10.4. The zero-order valence-corrected chi connectivity index (χ0v) is 12.5. The Balaban J connectivity index is 2.13. The van der Waals surface area contributed by atoms with E-state index in [2.05, 4.69) is 15.0 Å². The monoisotopic (exact) mass is 305 g/mol. The number of carboxylic acids is 1. The molecule has 0 saturated carbocycles. The molecule has 0 amide bonds. The van der Waals surface area contributed by atoms with Gasteiger partial charge in [0, 0.05) is 19.0 Å². The second-order valence-corrected chi connectivity index (χ2v) is 5.47. The van der Waals surface area contributed by atoms with Crippen molar-refractivity contribution in [2.45, 2.75) is 10.6 Å². The van der Waals surface area contributed by atoms with Gasteiger partial charge in [-0.3, -0.25) is 0 Å². The molecule has 0 unspecified atom stereocenters. The molecule has 0 atom stereocenters. The van der Waals surface area contributed by atoms with Crippen LogP contribution in [-0.2, 0) is 5.75 Å². The Labute approximate surface area is 126 Å². The van der Waals surface area contributed by atoms with E-state index in [1.54, 1.807) is 23.1 Å². The van der Waals surface area contributed by atoms with Crippen LogP contribution in [0.5, 0.6) is 0 Å². The summed E-state index contributed by atoms with van der Waals surface area (Å²) in [7, 11) is 3.64. The lowest BCUT2D eigenvalue weighted by Crippen LogP contribution is -2.15. The number of hydrogen-bond acceptors (Lipinski definition) is 7. The fraction of sp³-hybridized carbons (Fsp3) is 0.231. The van der Waals surface area contributed by atoms with Crippen molar-refractivity contribution >= 4 is 29.6 Å².